The molecule has 0 unspecified atom stereocenters. The molecule has 88 valence electrons. The summed E-state index contributed by atoms with van der Waals surface area (Å²) in [6.45, 7) is 0. The molecule has 0 atom stereocenters. The first-order valence-corrected chi connectivity index (χ1v) is 5.90. The average Bonchev–Trinajstić information content (AvgIpc) is 2.71. The predicted molar refractivity (Wildman–Crippen MR) is 70.0 cm³/mol. The van der Waals surface area contributed by atoms with Crippen molar-refractivity contribution in [2.24, 2.45) is 0 Å². The molecule has 0 saturated heterocycles. The van der Waals surface area contributed by atoms with Gasteiger partial charge in [0.05, 0.1) is 10.8 Å². The number of imidazole rings is 1. The van der Waals surface area contributed by atoms with Gasteiger partial charge in [0.1, 0.15) is 11.3 Å². The van der Waals surface area contributed by atoms with Gasteiger partial charge < -0.3 is 4.90 Å². The van der Waals surface area contributed by atoms with Crippen molar-refractivity contribution in [2.75, 3.05) is 14.1 Å². The molecule has 2 rings (SSSR count). The molecule has 2 heterocycles. The molecular weight excluding hydrogens is 282 g/mol. The molecule has 2 aromatic heterocycles. The Hall–Kier alpha value is -1.62. The van der Waals surface area contributed by atoms with Crippen molar-refractivity contribution < 1.29 is 4.79 Å². The van der Waals surface area contributed by atoms with E-state index in [1.165, 1.54) is 6.08 Å². The number of rotatable bonds is 3. The summed E-state index contributed by atoms with van der Waals surface area (Å²) < 4.78 is 2.59. The van der Waals surface area contributed by atoms with Crippen molar-refractivity contribution >= 4 is 27.4 Å². The highest BCUT2D eigenvalue weighted by molar-refractivity contribution is 9.10. The van der Waals surface area contributed by atoms with Gasteiger partial charge in [-0.05, 0) is 28.1 Å². The second-order valence-electron chi connectivity index (χ2n) is 3.83. The molecule has 0 aromatic carbocycles. The van der Waals surface area contributed by atoms with Crippen LogP contribution >= 0.6 is 15.9 Å². The Balaban J connectivity index is 2.46. The quantitative estimate of drug-likeness (QED) is 0.495. The first-order chi connectivity index (χ1) is 8.09. The largest absolute Gasteiger partial charge is 0.383 e. The minimum absolute atomic E-state index is 0.0712. The Morgan fingerprint density at radius 1 is 1.47 bits per heavy atom. The number of carbonyl (C=O) groups is 1. The van der Waals surface area contributed by atoms with Crippen LogP contribution in [0.5, 0.6) is 0 Å². The summed E-state index contributed by atoms with van der Waals surface area (Å²) >= 11 is 3.41. The van der Waals surface area contributed by atoms with E-state index in [-0.39, 0.29) is 5.78 Å². The predicted octanol–water partition coefficient (Wildman–Crippen LogP) is 2.35. The number of allylic oxidation sites excluding steroid dienone is 1. The number of hydrogen-bond donors (Lipinski definition) is 0. The Morgan fingerprint density at radius 2 is 2.24 bits per heavy atom. The second-order valence-corrected chi connectivity index (χ2v) is 4.64. The van der Waals surface area contributed by atoms with E-state index in [1.54, 1.807) is 16.8 Å². The van der Waals surface area contributed by atoms with E-state index < -0.39 is 0 Å². The van der Waals surface area contributed by atoms with Crippen LogP contribution in [0, 0.1) is 0 Å². The second kappa shape index (κ2) is 4.71. The first kappa shape index (κ1) is 11.9. The molecule has 0 aliphatic rings. The SMILES string of the molecule is CN(C)C=CC(=O)c1cnc2cccc(Br)n12. The molecule has 4 nitrogen and oxygen atoms in total. The lowest BCUT2D eigenvalue weighted by molar-refractivity contribution is 0.104. The number of hydrogen-bond acceptors (Lipinski definition) is 3. The topological polar surface area (TPSA) is 37.6 Å². The summed E-state index contributed by atoms with van der Waals surface area (Å²) in [5, 5.41) is 0. The van der Waals surface area contributed by atoms with Gasteiger partial charge in [-0.3, -0.25) is 9.20 Å². The number of ketones is 1. The van der Waals surface area contributed by atoms with Gasteiger partial charge in [0.15, 0.2) is 0 Å². The third-order valence-corrected chi connectivity index (χ3v) is 2.88. The lowest BCUT2D eigenvalue weighted by Crippen LogP contribution is -2.05. The number of aromatic nitrogens is 2. The third kappa shape index (κ3) is 2.39. The molecule has 0 bridgehead atoms. The van der Waals surface area contributed by atoms with Crippen LogP contribution in [0.25, 0.3) is 5.65 Å². The van der Waals surface area contributed by atoms with E-state index in [1.807, 2.05) is 37.2 Å². The van der Waals surface area contributed by atoms with Gasteiger partial charge >= 0.3 is 0 Å². The average molecular weight is 294 g/mol. The Morgan fingerprint density at radius 3 is 2.94 bits per heavy atom. The number of halogens is 1. The minimum atomic E-state index is -0.0712. The van der Waals surface area contributed by atoms with Crippen LogP contribution in [0.15, 0.2) is 41.3 Å². The van der Waals surface area contributed by atoms with E-state index in [4.69, 9.17) is 0 Å². The molecule has 0 spiro atoms. The Bertz CT molecular complexity index is 586. The summed E-state index contributed by atoms with van der Waals surface area (Å²) in [4.78, 5) is 18.0. The summed E-state index contributed by atoms with van der Waals surface area (Å²) in [6.07, 6.45) is 4.84. The van der Waals surface area contributed by atoms with E-state index in [0.29, 0.717) is 5.69 Å². The van der Waals surface area contributed by atoms with E-state index >= 15 is 0 Å². The normalized spacial score (nSPS) is 11.2. The van der Waals surface area contributed by atoms with E-state index in [0.717, 1.165) is 10.3 Å². The van der Waals surface area contributed by atoms with E-state index in [9.17, 15) is 4.79 Å². The number of nitrogens with zero attached hydrogens (tertiary/aromatic N) is 3. The molecule has 2 aromatic rings. The van der Waals surface area contributed by atoms with Crippen LogP contribution in [0.3, 0.4) is 0 Å². The fourth-order valence-corrected chi connectivity index (χ4v) is 2.00. The first-order valence-electron chi connectivity index (χ1n) is 5.10. The lowest BCUT2D eigenvalue weighted by atomic mass is 10.3. The van der Waals surface area contributed by atoms with Gasteiger partial charge in [-0.25, -0.2) is 4.98 Å². The summed E-state index contributed by atoms with van der Waals surface area (Å²) in [5.41, 5.74) is 1.30. The maximum atomic E-state index is 12.0. The molecule has 0 radical (unpaired) electrons. The summed E-state index contributed by atoms with van der Waals surface area (Å²) in [5.74, 6) is -0.0712. The fraction of sp³-hybridized carbons (Fsp3) is 0.167. The molecule has 0 saturated carbocycles. The molecule has 17 heavy (non-hydrogen) atoms. The monoisotopic (exact) mass is 293 g/mol. The number of carbonyl (C=O) groups excluding carboxylic acids is 1. The van der Waals surface area contributed by atoms with Gasteiger partial charge in [0.2, 0.25) is 5.78 Å². The van der Waals surface area contributed by atoms with Gasteiger partial charge in [0.25, 0.3) is 0 Å². The zero-order chi connectivity index (χ0) is 12.4. The van der Waals surface area contributed by atoms with Crippen molar-refractivity contribution in [1.82, 2.24) is 14.3 Å². The molecule has 0 N–H and O–H groups in total. The zero-order valence-electron chi connectivity index (χ0n) is 9.59. The van der Waals surface area contributed by atoms with Crippen molar-refractivity contribution in [3.05, 3.63) is 47.0 Å². The summed E-state index contributed by atoms with van der Waals surface area (Å²) in [6, 6.07) is 5.62. The number of fused-ring (bicyclic) bond motifs is 1. The van der Waals surface area contributed by atoms with Crippen molar-refractivity contribution in [1.29, 1.82) is 0 Å². The van der Waals surface area contributed by atoms with Crippen LogP contribution in [-0.2, 0) is 0 Å². The summed E-state index contributed by atoms with van der Waals surface area (Å²) in [7, 11) is 3.74. The third-order valence-electron chi connectivity index (χ3n) is 2.26. The van der Waals surface area contributed by atoms with Gasteiger partial charge in [-0.2, -0.15) is 0 Å². The lowest BCUT2D eigenvalue weighted by Gasteiger charge is -2.03. The van der Waals surface area contributed by atoms with Crippen molar-refractivity contribution in [3.63, 3.8) is 0 Å². The molecular formula is C12H12BrN3O. The molecule has 0 aliphatic heterocycles. The fourth-order valence-electron chi connectivity index (χ4n) is 1.47. The highest BCUT2D eigenvalue weighted by Gasteiger charge is 2.11. The van der Waals surface area contributed by atoms with Crippen LogP contribution in [0.4, 0.5) is 0 Å². The van der Waals surface area contributed by atoms with Crippen molar-refractivity contribution in [2.45, 2.75) is 0 Å². The highest BCUT2D eigenvalue weighted by atomic mass is 79.9. The Kier molecular flexibility index (Phi) is 3.28. The molecule has 5 heteroatoms. The standard InChI is InChI=1S/C12H12BrN3O/c1-15(2)7-6-10(17)9-8-14-12-5-3-4-11(13)16(9)12/h3-8H,1-2H3. The van der Waals surface area contributed by atoms with Gasteiger partial charge in [-0.1, -0.05) is 6.07 Å². The maximum absolute atomic E-state index is 12.0. The number of pyridine rings is 1. The maximum Gasteiger partial charge on any atom is 0.205 e. The Labute approximate surface area is 108 Å². The highest BCUT2D eigenvalue weighted by Crippen LogP contribution is 2.16. The molecule has 0 fully saturated rings. The molecule has 0 aliphatic carbocycles. The van der Waals surface area contributed by atoms with Crippen LogP contribution < -0.4 is 0 Å². The van der Waals surface area contributed by atoms with Crippen molar-refractivity contribution in [3.8, 4) is 0 Å². The van der Waals surface area contributed by atoms with Gasteiger partial charge in [0, 0.05) is 26.4 Å². The zero-order valence-corrected chi connectivity index (χ0v) is 11.2. The molecule has 0 amide bonds. The van der Waals surface area contributed by atoms with Crippen LogP contribution in [0.1, 0.15) is 10.5 Å². The van der Waals surface area contributed by atoms with Crippen LogP contribution in [-0.4, -0.2) is 34.2 Å². The van der Waals surface area contributed by atoms with E-state index in [2.05, 4.69) is 20.9 Å². The minimum Gasteiger partial charge on any atom is -0.383 e. The van der Waals surface area contributed by atoms with Gasteiger partial charge in [-0.15, -0.1) is 0 Å². The smallest absolute Gasteiger partial charge is 0.205 e. The van der Waals surface area contributed by atoms with Crippen LogP contribution in [0.2, 0.25) is 0 Å².